The number of hydrogen-bond acceptors (Lipinski definition) is 7. The molecule has 0 aromatic heterocycles. The van der Waals surface area contributed by atoms with Crippen molar-refractivity contribution in [3.8, 4) is 0 Å². The minimum atomic E-state index is -1.37. The van der Waals surface area contributed by atoms with E-state index in [1.165, 1.54) is 0 Å². The molecule has 5 aliphatic rings. The van der Waals surface area contributed by atoms with E-state index in [1.54, 1.807) is 12.2 Å². The van der Waals surface area contributed by atoms with Gasteiger partial charge in [0.25, 0.3) is 0 Å². The molecule has 0 unspecified atom stereocenters. The van der Waals surface area contributed by atoms with Crippen LogP contribution in [0.3, 0.4) is 0 Å². The predicted octanol–water partition coefficient (Wildman–Crippen LogP) is 4.71. The second-order valence-electron chi connectivity index (χ2n) is 14.0. The minimum Gasteiger partial charge on any atom is -0.399 e. The Labute approximate surface area is 252 Å². The molecule has 4 N–H and O–H groups in total. The normalized spacial score (nSPS) is 41.2. The summed E-state index contributed by atoms with van der Waals surface area (Å²) in [4.78, 5) is 26.2. The van der Waals surface area contributed by atoms with Gasteiger partial charge in [0.05, 0.1) is 12.2 Å². The van der Waals surface area contributed by atoms with Gasteiger partial charge in [0.2, 0.25) is 0 Å². The molecule has 1 heterocycles. The molecule has 0 spiro atoms. The fourth-order valence-electron chi connectivity index (χ4n) is 10.0. The van der Waals surface area contributed by atoms with Crippen molar-refractivity contribution in [2.24, 2.45) is 34.5 Å². The molecule has 3 saturated carbocycles. The first-order valence-electron chi connectivity index (χ1n) is 15.5. The molecular formula is C36H41NO6. The lowest BCUT2D eigenvalue weighted by Crippen LogP contribution is -2.64. The molecular weight excluding hydrogens is 542 g/mol. The number of carbonyl (C=O) groups is 2. The topological polar surface area (TPSA) is 119 Å². The van der Waals surface area contributed by atoms with Crippen LogP contribution in [0.4, 0.5) is 5.69 Å². The van der Waals surface area contributed by atoms with Gasteiger partial charge in [-0.1, -0.05) is 68.8 Å². The molecule has 10 atom stereocenters. The summed E-state index contributed by atoms with van der Waals surface area (Å²) in [6.45, 7) is 5.71. The van der Waals surface area contributed by atoms with E-state index >= 15 is 0 Å². The van der Waals surface area contributed by atoms with Crippen molar-refractivity contribution in [3.63, 3.8) is 0 Å². The Morgan fingerprint density at radius 2 is 1.84 bits per heavy atom. The standard InChI is InChI=1S/C36H41NO6/c1-20-12-26-28-17-31-36(30(41)19-38,35(28,3)18-29(40)32(26)34(2)11-10-25(39)16-27(20)34)43-33(42-31)23-8-4-6-21(14-23)13-22-7-5-9-24(37)15-22/h4-11,14-16,20,26,28-29,31-33,38,40H,12-13,17-19,37H2,1-3H3/t20-,26-,28-,29-,31+,32+,33+,34-,35-,36+/m0/s1. The van der Waals surface area contributed by atoms with E-state index in [4.69, 9.17) is 15.2 Å². The number of fused-ring (bicyclic) bond motifs is 7. The largest absolute Gasteiger partial charge is 0.399 e. The summed E-state index contributed by atoms with van der Waals surface area (Å²) in [5, 5.41) is 22.2. The number of nitrogen functional groups attached to an aromatic ring is 1. The highest BCUT2D eigenvalue weighted by Crippen LogP contribution is 2.71. The molecule has 4 fully saturated rings. The summed E-state index contributed by atoms with van der Waals surface area (Å²) in [5.74, 6) is -0.158. The van der Waals surface area contributed by atoms with Crippen LogP contribution in [-0.2, 0) is 25.5 Å². The average molecular weight is 584 g/mol. The number of anilines is 1. The molecule has 7 nitrogen and oxygen atoms in total. The number of allylic oxidation sites excluding steroid dienone is 4. The number of benzene rings is 2. The zero-order chi connectivity index (χ0) is 30.3. The third kappa shape index (κ3) is 4.08. The maximum absolute atomic E-state index is 13.8. The SMILES string of the molecule is C[C@H]1C[C@@H]2[C@H]([C@@H](O)C[C@@]3(C)[C@H]2C[C@H]2O[C@@H](c4cccc(Cc5cccc(N)c5)c4)O[C@]23C(=O)CO)[C@@]2(C)C=CC(=O)C=C12. The number of Topliss-reactive ketones (excluding diaryl/α,β-unsaturated/α-hetero) is 1. The van der Waals surface area contributed by atoms with Crippen LogP contribution in [0.25, 0.3) is 0 Å². The van der Waals surface area contributed by atoms with Crippen molar-refractivity contribution >= 4 is 17.3 Å². The number of rotatable bonds is 5. The maximum atomic E-state index is 13.8. The number of aliphatic hydroxyl groups is 2. The Morgan fingerprint density at radius 3 is 2.58 bits per heavy atom. The van der Waals surface area contributed by atoms with Gasteiger partial charge >= 0.3 is 0 Å². The summed E-state index contributed by atoms with van der Waals surface area (Å²) in [5.41, 5.74) is 8.25. The number of ether oxygens (including phenoxy) is 2. The van der Waals surface area contributed by atoms with Gasteiger partial charge in [-0.15, -0.1) is 0 Å². The second kappa shape index (κ2) is 9.96. The molecule has 7 heteroatoms. The minimum absolute atomic E-state index is 0.000571. The van der Waals surface area contributed by atoms with E-state index in [9.17, 15) is 19.8 Å². The molecule has 0 radical (unpaired) electrons. The summed E-state index contributed by atoms with van der Waals surface area (Å²) in [6.07, 6.45) is 5.85. The summed E-state index contributed by atoms with van der Waals surface area (Å²) >= 11 is 0. The fourth-order valence-corrected chi connectivity index (χ4v) is 10.0. The van der Waals surface area contributed by atoms with Crippen LogP contribution < -0.4 is 5.73 Å². The fraction of sp³-hybridized carbons (Fsp3) is 0.500. The van der Waals surface area contributed by atoms with Crippen LogP contribution in [-0.4, -0.2) is 46.2 Å². The molecule has 2 aromatic carbocycles. The Hall–Kier alpha value is -3.10. The van der Waals surface area contributed by atoms with Crippen LogP contribution in [0, 0.1) is 34.5 Å². The quantitative estimate of drug-likeness (QED) is 0.436. The van der Waals surface area contributed by atoms with Crippen molar-refractivity contribution < 1.29 is 29.3 Å². The molecule has 7 rings (SSSR count). The second-order valence-corrected chi connectivity index (χ2v) is 14.0. The van der Waals surface area contributed by atoms with Gasteiger partial charge in [-0.25, -0.2) is 0 Å². The first-order valence-corrected chi connectivity index (χ1v) is 15.5. The van der Waals surface area contributed by atoms with Gasteiger partial charge in [0.15, 0.2) is 23.5 Å². The third-order valence-electron chi connectivity index (χ3n) is 11.7. The van der Waals surface area contributed by atoms with E-state index in [-0.39, 0.29) is 35.2 Å². The molecule has 0 amide bonds. The van der Waals surface area contributed by atoms with Crippen molar-refractivity contribution in [2.75, 3.05) is 12.3 Å². The molecule has 1 aliphatic heterocycles. The third-order valence-corrected chi connectivity index (χ3v) is 11.7. The molecule has 4 aliphatic carbocycles. The highest BCUT2D eigenvalue weighted by Gasteiger charge is 2.76. The van der Waals surface area contributed by atoms with E-state index in [2.05, 4.69) is 20.8 Å². The van der Waals surface area contributed by atoms with Crippen LogP contribution in [0.2, 0.25) is 0 Å². The smallest absolute Gasteiger partial charge is 0.193 e. The van der Waals surface area contributed by atoms with Crippen LogP contribution in [0.1, 0.15) is 63.0 Å². The Morgan fingerprint density at radius 1 is 1.09 bits per heavy atom. The van der Waals surface area contributed by atoms with Gasteiger partial charge < -0.3 is 25.4 Å². The van der Waals surface area contributed by atoms with Gasteiger partial charge in [-0.2, -0.15) is 0 Å². The summed E-state index contributed by atoms with van der Waals surface area (Å²) < 4.78 is 13.4. The van der Waals surface area contributed by atoms with Crippen molar-refractivity contribution in [3.05, 3.63) is 89.0 Å². The van der Waals surface area contributed by atoms with Gasteiger partial charge in [-0.05, 0) is 78.8 Å². The first kappa shape index (κ1) is 28.7. The van der Waals surface area contributed by atoms with E-state index in [0.717, 1.165) is 34.4 Å². The van der Waals surface area contributed by atoms with Crippen molar-refractivity contribution in [2.45, 2.75) is 70.6 Å². The van der Waals surface area contributed by atoms with Gasteiger partial charge in [0, 0.05) is 28.0 Å². The Balaban J connectivity index is 1.22. The van der Waals surface area contributed by atoms with E-state index in [0.29, 0.717) is 19.3 Å². The number of nitrogens with two attached hydrogens (primary N) is 1. The number of ketones is 2. The monoisotopic (exact) mass is 583 g/mol. The molecule has 0 bridgehead atoms. The molecule has 1 saturated heterocycles. The van der Waals surface area contributed by atoms with Gasteiger partial charge in [-0.3, -0.25) is 9.59 Å². The number of carbonyl (C=O) groups excluding carboxylic acids is 2. The van der Waals surface area contributed by atoms with Crippen LogP contribution in [0.15, 0.2) is 72.3 Å². The summed E-state index contributed by atoms with van der Waals surface area (Å²) in [6, 6.07) is 15.8. The molecule has 2 aromatic rings. The van der Waals surface area contributed by atoms with E-state index in [1.807, 2.05) is 54.6 Å². The lowest BCUT2D eigenvalue weighted by atomic mass is 9.44. The zero-order valence-electron chi connectivity index (χ0n) is 25.0. The Kier molecular flexibility index (Phi) is 6.64. The lowest BCUT2D eigenvalue weighted by molar-refractivity contribution is -0.202. The summed E-state index contributed by atoms with van der Waals surface area (Å²) in [7, 11) is 0. The number of aliphatic hydroxyl groups excluding tert-OH is 2. The lowest BCUT2D eigenvalue weighted by Gasteiger charge is -2.61. The van der Waals surface area contributed by atoms with Crippen LogP contribution >= 0.6 is 0 Å². The predicted molar refractivity (Wildman–Crippen MR) is 162 cm³/mol. The first-order chi connectivity index (χ1) is 20.5. The average Bonchev–Trinajstić information content (AvgIpc) is 3.47. The molecule has 43 heavy (non-hydrogen) atoms. The highest BCUT2D eigenvalue weighted by molar-refractivity contribution is 6.01. The van der Waals surface area contributed by atoms with E-state index < -0.39 is 41.5 Å². The maximum Gasteiger partial charge on any atom is 0.193 e. The zero-order valence-corrected chi connectivity index (χ0v) is 25.0. The highest BCUT2D eigenvalue weighted by atomic mass is 16.7. The van der Waals surface area contributed by atoms with Crippen molar-refractivity contribution in [1.29, 1.82) is 0 Å². The molecule has 226 valence electrons. The van der Waals surface area contributed by atoms with Crippen LogP contribution in [0.5, 0.6) is 0 Å². The van der Waals surface area contributed by atoms with Crippen molar-refractivity contribution in [1.82, 2.24) is 0 Å². The Bertz CT molecular complexity index is 1550. The number of hydrogen-bond donors (Lipinski definition) is 3. The van der Waals surface area contributed by atoms with Gasteiger partial charge in [0.1, 0.15) is 6.61 Å².